The molecular formula is C20H21F3N2O2. The molecule has 0 aliphatic heterocycles. The molecule has 0 spiro atoms. The molecule has 1 N–H and O–H groups in total. The highest BCUT2D eigenvalue weighted by atomic mass is 19.4. The Morgan fingerprint density at radius 1 is 1.11 bits per heavy atom. The van der Waals surface area contributed by atoms with Gasteiger partial charge in [-0.05, 0) is 50.1 Å². The van der Waals surface area contributed by atoms with Gasteiger partial charge in [0.1, 0.15) is 5.75 Å². The lowest BCUT2D eigenvalue weighted by atomic mass is 10.0. The van der Waals surface area contributed by atoms with Gasteiger partial charge < -0.3 is 14.4 Å². The lowest BCUT2D eigenvalue weighted by Gasteiger charge is -2.17. The second kappa shape index (κ2) is 6.88. The van der Waals surface area contributed by atoms with Crippen LogP contribution in [-0.2, 0) is 12.7 Å². The van der Waals surface area contributed by atoms with Gasteiger partial charge in [0.15, 0.2) is 0 Å². The second-order valence-corrected chi connectivity index (χ2v) is 7.12. The Hall–Kier alpha value is -2.54. The number of nitrogens with zero attached hydrogens (tertiary/aromatic N) is 2. The molecule has 0 amide bonds. The van der Waals surface area contributed by atoms with Crippen molar-refractivity contribution in [2.75, 3.05) is 7.11 Å². The Labute approximate surface area is 155 Å². The molecule has 1 aromatic heterocycles. The number of aryl methyl sites for hydroxylation is 1. The molecule has 2 aromatic carbocycles. The molecule has 0 saturated carbocycles. The predicted octanol–water partition coefficient (Wildman–Crippen LogP) is 4.89. The summed E-state index contributed by atoms with van der Waals surface area (Å²) in [4.78, 5) is 4.38. The fourth-order valence-electron chi connectivity index (χ4n) is 2.91. The van der Waals surface area contributed by atoms with Crippen LogP contribution in [0.15, 0.2) is 42.7 Å². The van der Waals surface area contributed by atoms with Gasteiger partial charge in [-0.25, -0.2) is 4.98 Å². The number of ether oxygens (including phenoxy) is 1. The maximum absolute atomic E-state index is 12.9. The Morgan fingerprint density at radius 2 is 1.85 bits per heavy atom. The third kappa shape index (κ3) is 4.24. The van der Waals surface area contributed by atoms with Crippen LogP contribution in [0.5, 0.6) is 5.75 Å². The number of hydrogen-bond donors (Lipinski definition) is 1. The monoisotopic (exact) mass is 378 g/mol. The van der Waals surface area contributed by atoms with Crippen LogP contribution in [0.1, 0.15) is 25.8 Å². The molecule has 3 aromatic rings. The molecule has 144 valence electrons. The number of alkyl halides is 3. The average molecular weight is 378 g/mol. The van der Waals surface area contributed by atoms with Gasteiger partial charge >= 0.3 is 6.18 Å². The summed E-state index contributed by atoms with van der Waals surface area (Å²) in [6, 6.07) is 8.98. The third-order valence-corrected chi connectivity index (χ3v) is 4.43. The highest BCUT2D eigenvalue weighted by Gasteiger charge is 2.31. The molecule has 0 aliphatic rings. The van der Waals surface area contributed by atoms with Crippen LogP contribution >= 0.6 is 0 Å². The van der Waals surface area contributed by atoms with Crippen LogP contribution in [0.3, 0.4) is 0 Å². The Balaban J connectivity index is 1.96. The van der Waals surface area contributed by atoms with E-state index in [1.165, 1.54) is 13.2 Å². The topological polar surface area (TPSA) is 47.3 Å². The first kappa shape index (κ1) is 19.2. The molecule has 0 bridgehead atoms. The van der Waals surface area contributed by atoms with E-state index in [0.29, 0.717) is 18.5 Å². The first-order valence-corrected chi connectivity index (χ1v) is 8.51. The standard InChI is InChI=1S/C20H21F3N2O2/c1-19(2,26)8-9-25-12-24-16-10-13(4-7-17(16)25)15-6-5-14(20(21,22)23)11-18(15)27-3/h4-7,10-12,26H,8-9H2,1-3H3. The molecule has 4 nitrogen and oxygen atoms in total. The SMILES string of the molecule is COc1cc(C(F)(F)F)ccc1-c1ccc2c(c1)ncn2CCC(C)(C)O. The van der Waals surface area contributed by atoms with E-state index < -0.39 is 17.3 Å². The number of methoxy groups -OCH3 is 1. The summed E-state index contributed by atoms with van der Waals surface area (Å²) in [5, 5.41) is 9.89. The van der Waals surface area contributed by atoms with Crippen LogP contribution in [0.2, 0.25) is 0 Å². The van der Waals surface area contributed by atoms with E-state index in [1.54, 1.807) is 20.2 Å². The van der Waals surface area contributed by atoms with Gasteiger partial charge in [-0.3, -0.25) is 0 Å². The number of rotatable bonds is 5. The fraction of sp³-hybridized carbons (Fsp3) is 0.350. The molecule has 0 fully saturated rings. The largest absolute Gasteiger partial charge is 0.496 e. The van der Waals surface area contributed by atoms with Gasteiger partial charge in [-0.2, -0.15) is 13.2 Å². The van der Waals surface area contributed by atoms with E-state index in [2.05, 4.69) is 4.98 Å². The molecular weight excluding hydrogens is 357 g/mol. The van der Waals surface area contributed by atoms with Crippen molar-refractivity contribution in [1.29, 1.82) is 0 Å². The van der Waals surface area contributed by atoms with Gasteiger partial charge in [0.05, 0.1) is 35.6 Å². The number of benzene rings is 2. The van der Waals surface area contributed by atoms with Crippen molar-refractivity contribution in [3.05, 3.63) is 48.3 Å². The van der Waals surface area contributed by atoms with Crippen molar-refractivity contribution in [2.45, 2.75) is 38.6 Å². The molecule has 3 rings (SSSR count). The van der Waals surface area contributed by atoms with Crippen LogP contribution in [0, 0.1) is 0 Å². The van der Waals surface area contributed by atoms with Crippen molar-refractivity contribution in [3.8, 4) is 16.9 Å². The minimum atomic E-state index is -4.42. The molecule has 0 atom stereocenters. The minimum absolute atomic E-state index is 0.158. The second-order valence-electron chi connectivity index (χ2n) is 7.12. The van der Waals surface area contributed by atoms with Gasteiger partial charge in [0.25, 0.3) is 0 Å². The van der Waals surface area contributed by atoms with Crippen LogP contribution < -0.4 is 4.74 Å². The van der Waals surface area contributed by atoms with E-state index in [4.69, 9.17) is 4.74 Å². The average Bonchev–Trinajstić information content (AvgIpc) is 3.00. The number of aromatic nitrogens is 2. The van der Waals surface area contributed by atoms with Gasteiger partial charge in [0.2, 0.25) is 0 Å². The molecule has 27 heavy (non-hydrogen) atoms. The Kier molecular flexibility index (Phi) is 4.90. The maximum atomic E-state index is 12.9. The van der Waals surface area contributed by atoms with Crippen molar-refractivity contribution in [3.63, 3.8) is 0 Å². The normalized spacial score (nSPS) is 12.6. The van der Waals surface area contributed by atoms with Crippen LogP contribution in [0.4, 0.5) is 13.2 Å². The van der Waals surface area contributed by atoms with E-state index >= 15 is 0 Å². The smallest absolute Gasteiger partial charge is 0.416 e. The van der Waals surface area contributed by atoms with Crippen LogP contribution in [-0.4, -0.2) is 27.4 Å². The lowest BCUT2D eigenvalue weighted by Crippen LogP contribution is -2.20. The van der Waals surface area contributed by atoms with Gasteiger partial charge in [0, 0.05) is 12.1 Å². The molecule has 0 saturated heterocycles. The minimum Gasteiger partial charge on any atom is -0.496 e. The number of hydrogen-bond acceptors (Lipinski definition) is 3. The maximum Gasteiger partial charge on any atom is 0.416 e. The number of imidazole rings is 1. The fourth-order valence-corrected chi connectivity index (χ4v) is 2.91. The summed E-state index contributed by atoms with van der Waals surface area (Å²) in [5.74, 6) is 0.158. The molecule has 1 heterocycles. The molecule has 0 unspecified atom stereocenters. The summed E-state index contributed by atoms with van der Waals surface area (Å²) in [7, 11) is 1.35. The summed E-state index contributed by atoms with van der Waals surface area (Å²) in [6.45, 7) is 4.12. The van der Waals surface area contributed by atoms with Crippen LogP contribution in [0.25, 0.3) is 22.2 Å². The third-order valence-electron chi connectivity index (χ3n) is 4.43. The first-order valence-electron chi connectivity index (χ1n) is 8.51. The Morgan fingerprint density at radius 3 is 2.48 bits per heavy atom. The predicted molar refractivity (Wildman–Crippen MR) is 97.6 cm³/mol. The highest BCUT2D eigenvalue weighted by molar-refractivity contribution is 5.84. The number of fused-ring (bicyclic) bond motifs is 1. The van der Waals surface area contributed by atoms with E-state index in [1.807, 2.05) is 22.8 Å². The van der Waals surface area contributed by atoms with E-state index in [-0.39, 0.29) is 5.75 Å². The summed E-state index contributed by atoms with van der Waals surface area (Å²) < 4.78 is 45.9. The molecule has 0 radical (unpaired) electrons. The molecule has 7 heteroatoms. The van der Waals surface area contributed by atoms with Crippen molar-refractivity contribution >= 4 is 11.0 Å². The van der Waals surface area contributed by atoms with Gasteiger partial charge in [-0.15, -0.1) is 0 Å². The number of aliphatic hydroxyl groups is 1. The molecule has 0 aliphatic carbocycles. The van der Waals surface area contributed by atoms with E-state index in [0.717, 1.165) is 28.7 Å². The zero-order chi connectivity index (χ0) is 19.8. The van der Waals surface area contributed by atoms with Crippen molar-refractivity contribution in [2.24, 2.45) is 0 Å². The quantitative estimate of drug-likeness (QED) is 0.688. The summed E-state index contributed by atoms with van der Waals surface area (Å²) >= 11 is 0. The summed E-state index contributed by atoms with van der Waals surface area (Å²) in [6.07, 6.45) is -2.15. The Bertz CT molecular complexity index is 956. The zero-order valence-corrected chi connectivity index (χ0v) is 15.3. The lowest BCUT2D eigenvalue weighted by molar-refractivity contribution is -0.137. The summed E-state index contributed by atoms with van der Waals surface area (Å²) in [5.41, 5.74) is 1.39. The van der Waals surface area contributed by atoms with Crippen molar-refractivity contribution < 1.29 is 23.0 Å². The first-order chi connectivity index (χ1) is 12.6. The van der Waals surface area contributed by atoms with Gasteiger partial charge in [-0.1, -0.05) is 12.1 Å². The van der Waals surface area contributed by atoms with E-state index in [9.17, 15) is 18.3 Å². The van der Waals surface area contributed by atoms with Crippen molar-refractivity contribution in [1.82, 2.24) is 9.55 Å². The number of halogens is 3. The zero-order valence-electron chi connectivity index (χ0n) is 15.3. The highest BCUT2D eigenvalue weighted by Crippen LogP contribution is 2.37.